The zero-order valence-electron chi connectivity index (χ0n) is 15.5. The largest absolute Gasteiger partial charge is 0.370 e. The highest BCUT2D eigenvalue weighted by atomic mass is 32.1. The first-order valence-electron chi connectivity index (χ1n) is 9.53. The average molecular weight is 395 g/mol. The van der Waals surface area contributed by atoms with Crippen LogP contribution in [0.1, 0.15) is 39.2 Å². The molecule has 4 heterocycles. The van der Waals surface area contributed by atoms with Crippen LogP contribution in [-0.4, -0.2) is 50.7 Å². The normalized spacial score (nSPS) is 18.2. The SMILES string of the molecule is O=C(c1ccc(Cn2cnnn2)cc1)N1CCC2(CC1)OCCc1sccc12. The Kier molecular flexibility index (Phi) is 4.44. The Morgan fingerprint density at radius 2 is 2.00 bits per heavy atom. The molecule has 0 bridgehead atoms. The van der Waals surface area contributed by atoms with Crippen molar-refractivity contribution in [3.8, 4) is 0 Å². The third-order valence-corrected chi connectivity index (χ3v) is 6.72. The lowest BCUT2D eigenvalue weighted by atomic mass is 9.82. The molecule has 7 nitrogen and oxygen atoms in total. The molecule has 1 aromatic carbocycles. The molecule has 0 unspecified atom stereocenters. The van der Waals surface area contributed by atoms with Crippen molar-refractivity contribution in [3.05, 3.63) is 63.6 Å². The molecule has 2 aliphatic rings. The topological polar surface area (TPSA) is 73.1 Å². The van der Waals surface area contributed by atoms with Gasteiger partial charge in [-0.05, 0) is 58.0 Å². The van der Waals surface area contributed by atoms with Crippen molar-refractivity contribution < 1.29 is 9.53 Å². The number of hydrogen-bond acceptors (Lipinski definition) is 6. The summed E-state index contributed by atoms with van der Waals surface area (Å²) in [5.74, 6) is 0.0881. The number of tetrazole rings is 1. The average Bonchev–Trinajstić information content (AvgIpc) is 3.41. The van der Waals surface area contributed by atoms with Gasteiger partial charge in [-0.25, -0.2) is 4.68 Å². The van der Waals surface area contributed by atoms with E-state index in [-0.39, 0.29) is 11.5 Å². The number of hydrogen-bond donors (Lipinski definition) is 0. The summed E-state index contributed by atoms with van der Waals surface area (Å²) >= 11 is 1.82. The summed E-state index contributed by atoms with van der Waals surface area (Å²) in [4.78, 5) is 16.3. The maximum absolute atomic E-state index is 12.9. The van der Waals surface area contributed by atoms with Gasteiger partial charge in [-0.3, -0.25) is 4.79 Å². The van der Waals surface area contributed by atoms with E-state index in [0.29, 0.717) is 6.54 Å². The number of amides is 1. The molecule has 5 rings (SSSR count). The standard InChI is InChI=1S/C20H21N5O2S/c26-19(16-3-1-15(2-4-16)13-25-14-21-22-23-25)24-9-7-20(8-10-24)17-6-12-28-18(17)5-11-27-20/h1-4,6,12,14H,5,7-11,13H2. The van der Waals surface area contributed by atoms with Gasteiger partial charge in [0.2, 0.25) is 0 Å². The molecule has 0 atom stereocenters. The van der Waals surface area contributed by atoms with Crippen LogP contribution in [0.25, 0.3) is 0 Å². The number of carbonyl (C=O) groups is 1. The van der Waals surface area contributed by atoms with Gasteiger partial charge in [-0.1, -0.05) is 12.1 Å². The fourth-order valence-electron chi connectivity index (χ4n) is 4.22. The molecule has 1 fully saturated rings. The second-order valence-electron chi connectivity index (χ2n) is 7.35. The maximum Gasteiger partial charge on any atom is 0.253 e. The first-order chi connectivity index (χ1) is 13.7. The number of ether oxygens (including phenoxy) is 1. The molecule has 2 aliphatic heterocycles. The van der Waals surface area contributed by atoms with Crippen molar-refractivity contribution in [2.45, 2.75) is 31.4 Å². The summed E-state index contributed by atoms with van der Waals surface area (Å²) < 4.78 is 7.90. The van der Waals surface area contributed by atoms with Gasteiger partial charge in [0.05, 0.1) is 18.8 Å². The lowest BCUT2D eigenvalue weighted by Gasteiger charge is -2.44. The Labute approximate surface area is 166 Å². The third kappa shape index (κ3) is 3.12. The minimum atomic E-state index is -0.194. The van der Waals surface area contributed by atoms with E-state index in [4.69, 9.17) is 4.74 Å². The second-order valence-corrected chi connectivity index (χ2v) is 8.35. The minimum absolute atomic E-state index is 0.0881. The van der Waals surface area contributed by atoms with E-state index in [2.05, 4.69) is 27.0 Å². The van der Waals surface area contributed by atoms with Gasteiger partial charge in [0.25, 0.3) is 5.91 Å². The quantitative estimate of drug-likeness (QED) is 0.681. The van der Waals surface area contributed by atoms with E-state index < -0.39 is 0 Å². The molecule has 1 amide bonds. The zero-order valence-corrected chi connectivity index (χ0v) is 16.3. The van der Waals surface area contributed by atoms with Crippen molar-refractivity contribution >= 4 is 17.2 Å². The number of thiophene rings is 1. The molecular formula is C20H21N5O2S. The van der Waals surface area contributed by atoms with Crippen LogP contribution in [0.4, 0.5) is 0 Å². The maximum atomic E-state index is 12.9. The van der Waals surface area contributed by atoms with Gasteiger partial charge in [0, 0.05) is 30.0 Å². The lowest BCUT2D eigenvalue weighted by Crippen LogP contribution is -2.48. The number of piperidine rings is 1. The molecule has 1 spiro atoms. The predicted molar refractivity (Wildman–Crippen MR) is 104 cm³/mol. The van der Waals surface area contributed by atoms with Crippen molar-refractivity contribution in [1.29, 1.82) is 0 Å². The molecule has 0 saturated carbocycles. The molecule has 2 aromatic heterocycles. The molecule has 0 aliphatic carbocycles. The van der Waals surface area contributed by atoms with E-state index in [1.807, 2.05) is 40.5 Å². The van der Waals surface area contributed by atoms with Gasteiger partial charge in [-0.2, -0.15) is 0 Å². The Morgan fingerprint density at radius 1 is 1.18 bits per heavy atom. The van der Waals surface area contributed by atoms with Crippen LogP contribution in [0, 0.1) is 0 Å². The van der Waals surface area contributed by atoms with Crippen molar-refractivity contribution in [3.63, 3.8) is 0 Å². The van der Waals surface area contributed by atoms with Crippen LogP contribution in [0.15, 0.2) is 42.0 Å². The lowest BCUT2D eigenvalue weighted by molar-refractivity contribution is -0.0926. The van der Waals surface area contributed by atoms with Gasteiger partial charge in [0.1, 0.15) is 6.33 Å². The molecule has 0 radical (unpaired) electrons. The Bertz CT molecular complexity index is 959. The zero-order chi connectivity index (χ0) is 19.0. The van der Waals surface area contributed by atoms with Crippen LogP contribution in [0.5, 0.6) is 0 Å². The van der Waals surface area contributed by atoms with Crippen molar-refractivity contribution in [1.82, 2.24) is 25.1 Å². The van der Waals surface area contributed by atoms with Crippen molar-refractivity contribution in [2.24, 2.45) is 0 Å². The number of fused-ring (bicyclic) bond motifs is 2. The summed E-state index contributed by atoms with van der Waals surface area (Å²) in [5.41, 5.74) is 2.93. The van der Waals surface area contributed by atoms with E-state index in [1.54, 1.807) is 11.0 Å². The summed E-state index contributed by atoms with van der Waals surface area (Å²) in [6.07, 6.45) is 4.31. The highest BCUT2D eigenvalue weighted by molar-refractivity contribution is 7.10. The summed E-state index contributed by atoms with van der Waals surface area (Å²) in [6, 6.07) is 9.91. The molecule has 144 valence electrons. The first-order valence-corrected chi connectivity index (χ1v) is 10.4. The van der Waals surface area contributed by atoms with Gasteiger partial charge < -0.3 is 9.64 Å². The van der Waals surface area contributed by atoms with Crippen LogP contribution < -0.4 is 0 Å². The van der Waals surface area contributed by atoms with Gasteiger partial charge in [-0.15, -0.1) is 16.4 Å². The highest BCUT2D eigenvalue weighted by Gasteiger charge is 2.42. The van der Waals surface area contributed by atoms with Crippen LogP contribution in [0.3, 0.4) is 0 Å². The summed E-state index contributed by atoms with van der Waals surface area (Å²) in [5, 5.41) is 13.3. The van der Waals surface area contributed by atoms with Crippen molar-refractivity contribution in [2.75, 3.05) is 19.7 Å². The molecule has 0 N–H and O–H groups in total. The van der Waals surface area contributed by atoms with Crippen LogP contribution in [0.2, 0.25) is 0 Å². The van der Waals surface area contributed by atoms with E-state index >= 15 is 0 Å². The number of carbonyl (C=O) groups excluding carboxylic acids is 1. The fourth-order valence-corrected chi connectivity index (χ4v) is 5.17. The monoisotopic (exact) mass is 395 g/mol. The molecule has 8 heteroatoms. The first kappa shape index (κ1) is 17.5. The van der Waals surface area contributed by atoms with E-state index in [9.17, 15) is 4.79 Å². The third-order valence-electron chi connectivity index (χ3n) is 5.74. The number of aromatic nitrogens is 4. The molecular weight excluding hydrogens is 374 g/mol. The fraction of sp³-hybridized carbons (Fsp3) is 0.400. The Balaban J connectivity index is 1.25. The molecule has 28 heavy (non-hydrogen) atoms. The minimum Gasteiger partial charge on any atom is -0.370 e. The molecule has 3 aromatic rings. The number of nitrogens with zero attached hydrogens (tertiary/aromatic N) is 5. The smallest absolute Gasteiger partial charge is 0.253 e. The Hall–Kier alpha value is -2.58. The predicted octanol–water partition coefficient (Wildman–Crippen LogP) is 2.49. The number of rotatable bonds is 3. The summed E-state index contributed by atoms with van der Waals surface area (Å²) in [7, 11) is 0. The number of benzene rings is 1. The van der Waals surface area contributed by atoms with Crippen LogP contribution >= 0.6 is 11.3 Å². The van der Waals surface area contributed by atoms with Gasteiger partial charge >= 0.3 is 0 Å². The Morgan fingerprint density at radius 3 is 2.75 bits per heavy atom. The second kappa shape index (κ2) is 7.10. The molecule has 1 saturated heterocycles. The van der Waals surface area contributed by atoms with E-state index in [1.165, 1.54) is 10.4 Å². The number of likely N-dealkylation sites (tertiary alicyclic amines) is 1. The van der Waals surface area contributed by atoms with Gasteiger partial charge in [0.15, 0.2) is 0 Å². The van der Waals surface area contributed by atoms with E-state index in [0.717, 1.165) is 50.1 Å². The van der Waals surface area contributed by atoms with Crippen LogP contribution in [-0.2, 0) is 23.3 Å². The highest BCUT2D eigenvalue weighted by Crippen LogP contribution is 2.43. The summed E-state index contributed by atoms with van der Waals surface area (Å²) in [6.45, 7) is 2.82.